The molecule has 0 unspecified atom stereocenters. The van der Waals surface area contributed by atoms with Crippen molar-refractivity contribution in [3.8, 4) is 33.8 Å². The number of thiophene rings is 3. The molecular formula is C47H45N13O3S3. The zero-order valence-corrected chi connectivity index (χ0v) is 39.0. The summed E-state index contributed by atoms with van der Waals surface area (Å²) in [6, 6.07) is 29.8. The number of ketones is 2. The molecule has 0 bridgehead atoms. The number of nitrogens with one attached hydrogen (secondary N) is 4. The molecule has 10 N–H and O–H groups in total. The smallest absolute Gasteiger partial charge is 0.263 e. The molecule has 0 aliphatic heterocycles. The predicted molar refractivity (Wildman–Crippen MR) is 271 cm³/mol. The van der Waals surface area contributed by atoms with Gasteiger partial charge in [0, 0.05) is 57.7 Å². The lowest BCUT2D eigenvalue weighted by Gasteiger charge is -2.08. The highest BCUT2D eigenvalue weighted by atomic mass is 32.1. The molecule has 6 heterocycles. The number of Topliss-reactive ketones (excluding diaryl/α,β-unsaturated/α-hetero) is 2. The zero-order chi connectivity index (χ0) is 46.6. The van der Waals surface area contributed by atoms with E-state index >= 15 is 0 Å². The molecule has 1 fully saturated rings. The first-order valence-electron chi connectivity index (χ1n) is 20.7. The monoisotopic (exact) mass is 935 g/mol. The van der Waals surface area contributed by atoms with E-state index in [1.807, 2.05) is 91.0 Å². The highest BCUT2D eigenvalue weighted by molar-refractivity contribution is 7.22. The van der Waals surface area contributed by atoms with E-state index in [0.717, 1.165) is 67.0 Å². The summed E-state index contributed by atoms with van der Waals surface area (Å²) in [5, 5.41) is 14.1. The fourth-order valence-electron chi connectivity index (χ4n) is 6.98. The molecule has 0 spiro atoms. The average Bonchev–Trinajstić information content (AvgIpc) is 3.88. The Kier molecular flexibility index (Phi) is 13.1. The lowest BCUT2D eigenvalue weighted by atomic mass is 10.1. The SMILES string of the molecule is CC(=O)c1sc2nc(NC3CC3)nc(-c3ccccc3)c2c1N.CNC(=O)c1sc2nc(NC)nc(-c3ccccc3)c2c1N.CNc1nc(-c2ccccc2)c2c(N)c(C(C)=O)sc2n1. The van der Waals surface area contributed by atoms with Crippen LogP contribution in [-0.2, 0) is 0 Å². The maximum absolute atomic E-state index is 12.0. The third-order valence-electron chi connectivity index (χ3n) is 10.3. The van der Waals surface area contributed by atoms with Crippen LogP contribution in [0.5, 0.6) is 0 Å². The van der Waals surface area contributed by atoms with Gasteiger partial charge in [0.1, 0.15) is 19.4 Å². The van der Waals surface area contributed by atoms with E-state index in [1.165, 1.54) is 47.9 Å². The fourth-order valence-corrected chi connectivity index (χ4v) is 10.0. The molecule has 10 rings (SSSR count). The van der Waals surface area contributed by atoms with Crippen LogP contribution in [0.2, 0.25) is 0 Å². The number of aromatic nitrogens is 6. The first-order valence-corrected chi connectivity index (χ1v) is 23.2. The minimum absolute atomic E-state index is 0.0405. The van der Waals surface area contributed by atoms with Crippen LogP contribution in [0.4, 0.5) is 34.9 Å². The summed E-state index contributed by atoms with van der Waals surface area (Å²) in [5.74, 6) is 1.30. The van der Waals surface area contributed by atoms with Crippen LogP contribution >= 0.6 is 34.0 Å². The normalized spacial score (nSPS) is 11.9. The van der Waals surface area contributed by atoms with Crippen LogP contribution in [0.1, 0.15) is 55.7 Å². The molecule has 16 nitrogen and oxygen atoms in total. The Labute approximate surface area is 391 Å². The number of carbonyl (C=O) groups is 3. The van der Waals surface area contributed by atoms with Gasteiger partial charge in [-0.15, -0.1) is 34.0 Å². The summed E-state index contributed by atoms with van der Waals surface area (Å²) in [5.41, 5.74) is 25.0. The second-order valence-corrected chi connectivity index (χ2v) is 18.0. The number of nitrogen functional groups attached to an aromatic ring is 3. The second-order valence-electron chi connectivity index (χ2n) is 15.0. The maximum Gasteiger partial charge on any atom is 0.263 e. The Balaban J connectivity index is 0.000000135. The van der Waals surface area contributed by atoms with Crippen LogP contribution in [0.25, 0.3) is 64.4 Å². The first kappa shape index (κ1) is 45.0. The van der Waals surface area contributed by atoms with Crippen LogP contribution in [-0.4, -0.2) is 74.6 Å². The number of hydrogen-bond donors (Lipinski definition) is 7. The lowest BCUT2D eigenvalue weighted by molar-refractivity contribution is 0.0965. The summed E-state index contributed by atoms with van der Waals surface area (Å²) in [7, 11) is 5.10. The van der Waals surface area contributed by atoms with Crippen molar-refractivity contribution in [2.24, 2.45) is 0 Å². The van der Waals surface area contributed by atoms with E-state index in [4.69, 9.17) is 17.2 Å². The highest BCUT2D eigenvalue weighted by Crippen LogP contribution is 2.42. The second kappa shape index (κ2) is 19.2. The largest absolute Gasteiger partial charge is 0.397 e. The Morgan fingerprint density at radius 2 is 0.833 bits per heavy atom. The van der Waals surface area contributed by atoms with Gasteiger partial charge >= 0.3 is 0 Å². The fraction of sp³-hybridized carbons (Fsp3) is 0.170. The van der Waals surface area contributed by atoms with E-state index in [1.54, 1.807) is 21.1 Å². The van der Waals surface area contributed by atoms with Gasteiger partial charge in [0.15, 0.2) is 11.6 Å². The number of fused-ring (bicyclic) bond motifs is 3. The highest BCUT2D eigenvalue weighted by Gasteiger charge is 2.26. The van der Waals surface area contributed by atoms with Crippen LogP contribution < -0.4 is 38.5 Å². The number of nitrogens with two attached hydrogens (primary N) is 3. The van der Waals surface area contributed by atoms with Gasteiger partial charge in [-0.3, -0.25) is 14.4 Å². The Morgan fingerprint density at radius 3 is 1.17 bits per heavy atom. The zero-order valence-electron chi connectivity index (χ0n) is 36.5. The quantitative estimate of drug-likeness (QED) is 0.0631. The molecule has 9 aromatic rings. The number of anilines is 6. The van der Waals surface area contributed by atoms with Gasteiger partial charge in [0.05, 0.1) is 60.1 Å². The van der Waals surface area contributed by atoms with Crippen molar-refractivity contribution in [1.29, 1.82) is 0 Å². The molecule has 66 heavy (non-hydrogen) atoms. The molecule has 1 saturated carbocycles. The van der Waals surface area contributed by atoms with Gasteiger partial charge in [-0.25, -0.2) is 29.9 Å². The number of hydrogen-bond acceptors (Lipinski definition) is 18. The van der Waals surface area contributed by atoms with Crippen molar-refractivity contribution >= 4 is 117 Å². The summed E-state index contributed by atoms with van der Waals surface area (Å²) >= 11 is 3.91. The Morgan fingerprint density at radius 1 is 0.500 bits per heavy atom. The number of carbonyl (C=O) groups excluding carboxylic acids is 3. The molecule has 3 aromatic carbocycles. The third-order valence-corrected chi connectivity index (χ3v) is 13.8. The number of amides is 1. The lowest BCUT2D eigenvalue weighted by Crippen LogP contribution is -2.17. The first-order chi connectivity index (χ1) is 31.9. The molecule has 0 saturated heterocycles. The molecule has 0 radical (unpaired) electrons. The topological polar surface area (TPSA) is 255 Å². The molecular weight excluding hydrogens is 891 g/mol. The summed E-state index contributed by atoms with van der Waals surface area (Å²) in [6.45, 7) is 3.04. The predicted octanol–water partition coefficient (Wildman–Crippen LogP) is 9.24. The summed E-state index contributed by atoms with van der Waals surface area (Å²) in [6.07, 6.45) is 2.29. The van der Waals surface area contributed by atoms with Crippen molar-refractivity contribution in [2.45, 2.75) is 32.7 Å². The standard InChI is InChI=1S/C17H16N4OS.C15H15N5OS.C15H14N4OS/c1-9(22)15-13(18)12-14(10-5-3-2-4-6-10)20-17(19-11-7-8-11)21-16(12)23-15;1-17-13(21)12-10(16)9-11(8-6-4-3-5-7-8)19-15(18-2)20-14(9)22-12;1-8(20)13-11(16)10-12(9-6-4-3-5-7-9)18-15(17-2)19-14(10)21-13/h2-6,11H,7-8,18H2,1H3,(H,19,20,21);3-7H,16H2,1-2H3,(H,17,21)(H,18,19,20);3-7H,16H2,1-2H3,(H,17,18,19). The number of nitrogens with zero attached hydrogens (tertiary/aromatic N) is 6. The van der Waals surface area contributed by atoms with Crippen molar-refractivity contribution in [3.63, 3.8) is 0 Å². The summed E-state index contributed by atoms with van der Waals surface area (Å²) < 4.78 is 0. The molecule has 1 aliphatic carbocycles. The molecule has 6 aromatic heterocycles. The van der Waals surface area contributed by atoms with Crippen LogP contribution in [0, 0.1) is 0 Å². The van der Waals surface area contributed by atoms with Crippen molar-refractivity contribution in [2.75, 3.05) is 54.3 Å². The van der Waals surface area contributed by atoms with Gasteiger partial charge < -0.3 is 38.5 Å². The minimum atomic E-state index is -0.217. The van der Waals surface area contributed by atoms with Crippen molar-refractivity contribution < 1.29 is 14.4 Å². The van der Waals surface area contributed by atoms with Gasteiger partial charge in [-0.05, 0) is 12.8 Å². The maximum atomic E-state index is 12.0. The van der Waals surface area contributed by atoms with Crippen molar-refractivity contribution in [3.05, 3.63) is 106 Å². The van der Waals surface area contributed by atoms with Gasteiger partial charge in [0.2, 0.25) is 17.8 Å². The molecule has 0 atom stereocenters. The number of rotatable bonds is 10. The molecule has 334 valence electrons. The Bertz CT molecular complexity index is 3260. The van der Waals surface area contributed by atoms with E-state index in [2.05, 4.69) is 51.2 Å². The van der Waals surface area contributed by atoms with Gasteiger partial charge in [-0.1, -0.05) is 91.0 Å². The molecule has 1 amide bonds. The molecule has 19 heteroatoms. The summed E-state index contributed by atoms with van der Waals surface area (Å²) in [4.78, 5) is 66.3. The van der Waals surface area contributed by atoms with Gasteiger partial charge in [-0.2, -0.15) is 0 Å². The van der Waals surface area contributed by atoms with Crippen molar-refractivity contribution in [1.82, 2.24) is 35.2 Å². The van der Waals surface area contributed by atoms with E-state index < -0.39 is 0 Å². The van der Waals surface area contributed by atoms with Crippen LogP contribution in [0.15, 0.2) is 91.0 Å². The van der Waals surface area contributed by atoms with Gasteiger partial charge in [0.25, 0.3) is 5.91 Å². The minimum Gasteiger partial charge on any atom is -0.397 e. The molecule has 1 aliphatic rings. The van der Waals surface area contributed by atoms with Crippen LogP contribution in [0.3, 0.4) is 0 Å². The third kappa shape index (κ3) is 9.17. The Hall–Kier alpha value is -7.61. The van der Waals surface area contributed by atoms with E-state index in [0.29, 0.717) is 65.8 Å². The van der Waals surface area contributed by atoms with E-state index in [-0.39, 0.29) is 17.5 Å². The number of benzene rings is 3. The van der Waals surface area contributed by atoms with E-state index in [9.17, 15) is 14.4 Å². The average molecular weight is 936 g/mol.